The predicted octanol–water partition coefficient (Wildman–Crippen LogP) is 0.974. The molecule has 1 aromatic heterocycles. The largest absolute Gasteiger partial charge is 0.505 e. The van der Waals surface area contributed by atoms with E-state index in [-0.39, 0.29) is 23.3 Å². The maximum Gasteiger partial charge on any atom is 0.174 e. The van der Waals surface area contributed by atoms with Gasteiger partial charge in [-0.15, -0.1) is 0 Å². The van der Waals surface area contributed by atoms with Crippen LogP contribution in [0.4, 0.5) is 0 Å². The van der Waals surface area contributed by atoms with Gasteiger partial charge >= 0.3 is 0 Å². The molecular formula is C17H22N2O6S. The van der Waals surface area contributed by atoms with Gasteiger partial charge in [0.25, 0.3) is 0 Å². The molecule has 0 aliphatic carbocycles. The smallest absolute Gasteiger partial charge is 0.174 e. The lowest BCUT2D eigenvalue weighted by molar-refractivity contribution is 0.00438. The monoisotopic (exact) mass is 382 g/mol. The molecule has 1 saturated heterocycles. The summed E-state index contributed by atoms with van der Waals surface area (Å²) in [6.45, 7) is 1.30. The van der Waals surface area contributed by atoms with Crippen LogP contribution in [0.3, 0.4) is 0 Å². The van der Waals surface area contributed by atoms with Crippen molar-refractivity contribution in [3.63, 3.8) is 0 Å². The summed E-state index contributed by atoms with van der Waals surface area (Å²) >= 11 is 0. The van der Waals surface area contributed by atoms with Crippen LogP contribution in [-0.4, -0.2) is 59.9 Å². The molecule has 1 aromatic carbocycles. The summed E-state index contributed by atoms with van der Waals surface area (Å²) in [4.78, 5) is 0. The molecule has 26 heavy (non-hydrogen) atoms. The number of aromatic nitrogens is 2. The lowest BCUT2D eigenvalue weighted by atomic mass is 9.91. The second kappa shape index (κ2) is 8.07. The topological polar surface area (TPSA) is 111 Å². The van der Waals surface area contributed by atoms with Gasteiger partial charge in [0.2, 0.25) is 0 Å². The van der Waals surface area contributed by atoms with E-state index in [1.165, 1.54) is 12.4 Å². The maximum atomic E-state index is 11.7. The van der Waals surface area contributed by atoms with Gasteiger partial charge in [-0.05, 0) is 36.6 Å². The number of aromatic hydroxyl groups is 1. The first-order chi connectivity index (χ1) is 12.5. The number of rotatable bonds is 7. The Balaban J connectivity index is 1.60. The number of sulfone groups is 1. The van der Waals surface area contributed by atoms with Crippen LogP contribution < -0.4 is 4.74 Å². The van der Waals surface area contributed by atoms with Crippen molar-refractivity contribution in [2.75, 3.05) is 31.5 Å². The summed E-state index contributed by atoms with van der Waals surface area (Å²) < 4.78 is 36.2. The van der Waals surface area contributed by atoms with Gasteiger partial charge in [-0.25, -0.2) is 13.1 Å². The SMILES string of the molecule is O=S(=O)(CO)CC1CCOC[C@@H]1COc1ccc(-n2cc(O)cn2)cc1. The van der Waals surface area contributed by atoms with Crippen LogP contribution in [0.1, 0.15) is 6.42 Å². The van der Waals surface area contributed by atoms with Crippen molar-refractivity contribution < 1.29 is 28.1 Å². The van der Waals surface area contributed by atoms with Crippen molar-refractivity contribution in [3.8, 4) is 17.2 Å². The molecule has 0 spiro atoms. The van der Waals surface area contributed by atoms with Gasteiger partial charge < -0.3 is 19.7 Å². The quantitative estimate of drug-likeness (QED) is 0.734. The summed E-state index contributed by atoms with van der Waals surface area (Å²) in [5, 5.41) is 22.3. The number of hydrogen-bond donors (Lipinski definition) is 2. The molecule has 142 valence electrons. The summed E-state index contributed by atoms with van der Waals surface area (Å²) in [7, 11) is -3.45. The van der Waals surface area contributed by atoms with E-state index in [0.29, 0.717) is 32.0 Å². The number of benzene rings is 1. The Bertz CT molecular complexity index is 818. The van der Waals surface area contributed by atoms with Crippen LogP contribution in [0.5, 0.6) is 11.5 Å². The molecule has 9 heteroatoms. The lowest BCUT2D eigenvalue weighted by Crippen LogP contribution is -2.36. The first kappa shape index (κ1) is 18.7. The molecular weight excluding hydrogens is 360 g/mol. The first-order valence-electron chi connectivity index (χ1n) is 8.33. The summed E-state index contributed by atoms with van der Waals surface area (Å²) in [6, 6.07) is 7.20. The molecule has 2 atom stereocenters. The van der Waals surface area contributed by atoms with Crippen LogP contribution in [0.15, 0.2) is 36.7 Å². The number of aliphatic hydroxyl groups is 1. The second-order valence-corrected chi connectivity index (χ2v) is 8.45. The highest BCUT2D eigenvalue weighted by atomic mass is 32.2. The van der Waals surface area contributed by atoms with E-state index < -0.39 is 15.8 Å². The zero-order chi connectivity index (χ0) is 18.6. The van der Waals surface area contributed by atoms with E-state index >= 15 is 0 Å². The summed E-state index contributed by atoms with van der Waals surface area (Å²) in [5.74, 6) is -0.281. The first-order valence-corrected chi connectivity index (χ1v) is 10.1. The standard InChI is InChI=1S/C17H22N2O6S/c20-12-26(22,23)11-13-5-6-24-9-14(13)10-25-17-3-1-15(2-4-17)19-8-16(21)7-18-19/h1-4,7-8,13-14,20-21H,5-6,9-12H2/t13?,14-/m1/s1. The third-order valence-corrected chi connectivity index (χ3v) is 5.76. The Morgan fingerprint density at radius 2 is 2.04 bits per heavy atom. The third-order valence-electron chi connectivity index (χ3n) is 4.43. The number of nitrogens with zero attached hydrogens (tertiary/aromatic N) is 2. The van der Waals surface area contributed by atoms with Crippen molar-refractivity contribution in [2.24, 2.45) is 11.8 Å². The number of ether oxygens (including phenoxy) is 2. The average Bonchev–Trinajstić information content (AvgIpc) is 3.07. The molecule has 0 saturated carbocycles. The van der Waals surface area contributed by atoms with Crippen LogP contribution in [0.2, 0.25) is 0 Å². The molecule has 2 heterocycles. The van der Waals surface area contributed by atoms with E-state index in [9.17, 15) is 13.5 Å². The number of hydrogen-bond acceptors (Lipinski definition) is 7. The second-order valence-electron chi connectivity index (χ2n) is 6.37. The highest BCUT2D eigenvalue weighted by Gasteiger charge is 2.30. The highest BCUT2D eigenvalue weighted by Crippen LogP contribution is 2.25. The lowest BCUT2D eigenvalue weighted by Gasteiger charge is -2.31. The summed E-state index contributed by atoms with van der Waals surface area (Å²) in [5.41, 5.74) is 0.783. The fourth-order valence-corrected chi connectivity index (χ4v) is 4.17. The van der Waals surface area contributed by atoms with E-state index in [2.05, 4.69) is 5.10 Å². The van der Waals surface area contributed by atoms with Gasteiger partial charge in [0.15, 0.2) is 15.6 Å². The van der Waals surface area contributed by atoms with Gasteiger partial charge in [-0.3, -0.25) is 0 Å². The Kier molecular flexibility index (Phi) is 5.80. The van der Waals surface area contributed by atoms with E-state index in [1.54, 1.807) is 16.8 Å². The Hall–Kier alpha value is -2.10. The van der Waals surface area contributed by atoms with Crippen LogP contribution >= 0.6 is 0 Å². The van der Waals surface area contributed by atoms with Gasteiger partial charge in [0.1, 0.15) is 11.7 Å². The Morgan fingerprint density at radius 3 is 2.69 bits per heavy atom. The normalized spacial score (nSPS) is 20.8. The molecule has 2 N–H and O–H groups in total. The zero-order valence-electron chi connectivity index (χ0n) is 14.2. The molecule has 1 unspecified atom stereocenters. The molecule has 0 amide bonds. The molecule has 2 aromatic rings. The molecule has 1 aliphatic rings. The van der Waals surface area contributed by atoms with E-state index in [0.717, 1.165) is 5.69 Å². The Labute approximate surface area is 151 Å². The third kappa shape index (κ3) is 4.75. The van der Waals surface area contributed by atoms with Crippen molar-refractivity contribution in [3.05, 3.63) is 36.7 Å². The average molecular weight is 382 g/mol. The molecule has 0 radical (unpaired) electrons. The minimum absolute atomic E-state index is 0.0483. The van der Waals surface area contributed by atoms with Crippen molar-refractivity contribution in [1.82, 2.24) is 9.78 Å². The minimum Gasteiger partial charge on any atom is -0.505 e. The molecule has 3 rings (SSSR count). The molecule has 1 fully saturated rings. The zero-order valence-corrected chi connectivity index (χ0v) is 15.0. The van der Waals surface area contributed by atoms with E-state index in [4.69, 9.17) is 14.6 Å². The fourth-order valence-electron chi connectivity index (χ4n) is 2.98. The van der Waals surface area contributed by atoms with Gasteiger partial charge in [0, 0.05) is 12.5 Å². The number of aliphatic hydroxyl groups excluding tert-OH is 1. The van der Waals surface area contributed by atoms with Crippen molar-refractivity contribution >= 4 is 9.84 Å². The van der Waals surface area contributed by atoms with Gasteiger partial charge in [-0.2, -0.15) is 5.10 Å². The van der Waals surface area contributed by atoms with E-state index in [1.807, 2.05) is 12.1 Å². The van der Waals surface area contributed by atoms with Crippen LogP contribution in [0.25, 0.3) is 5.69 Å². The van der Waals surface area contributed by atoms with Gasteiger partial charge in [0.05, 0.1) is 37.0 Å². The predicted molar refractivity (Wildman–Crippen MR) is 94.0 cm³/mol. The summed E-state index contributed by atoms with van der Waals surface area (Å²) in [6.07, 6.45) is 3.49. The van der Waals surface area contributed by atoms with Crippen LogP contribution in [-0.2, 0) is 14.6 Å². The maximum absolute atomic E-state index is 11.7. The molecule has 8 nitrogen and oxygen atoms in total. The Morgan fingerprint density at radius 1 is 1.27 bits per heavy atom. The molecule has 0 bridgehead atoms. The van der Waals surface area contributed by atoms with Crippen molar-refractivity contribution in [1.29, 1.82) is 0 Å². The molecule has 1 aliphatic heterocycles. The van der Waals surface area contributed by atoms with Crippen molar-refractivity contribution in [2.45, 2.75) is 6.42 Å². The van der Waals surface area contributed by atoms with Gasteiger partial charge in [-0.1, -0.05) is 0 Å². The minimum atomic E-state index is -3.45. The highest BCUT2D eigenvalue weighted by molar-refractivity contribution is 7.91. The van der Waals surface area contributed by atoms with Crippen LogP contribution in [0, 0.1) is 11.8 Å². The fraction of sp³-hybridized carbons (Fsp3) is 0.471.